The van der Waals surface area contributed by atoms with Crippen molar-refractivity contribution in [2.45, 2.75) is 38.6 Å². The molecule has 2 atom stereocenters. The summed E-state index contributed by atoms with van der Waals surface area (Å²) < 4.78 is 4.82. The third-order valence-corrected chi connectivity index (χ3v) is 1.28. The quantitative estimate of drug-likeness (QED) is 0.401. The maximum absolute atomic E-state index is 11.1. The van der Waals surface area contributed by atoms with Gasteiger partial charge in [0.25, 0.3) is 0 Å². The molecule has 0 aromatic rings. The van der Waals surface area contributed by atoms with Gasteiger partial charge in [-0.2, -0.15) is 0 Å². The molecule has 2 unspecified atom stereocenters. The molecule has 0 saturated carbocycles. The number of aliphatic hydroxyl groups is 2. The lowest BCUT2D eigenvalue weighted by Crippen LogP contribution is -2.41. The zero-order valence-corrected chi connectivity index (χ0v) is 8.56. The molecule has 6 heteroatoms. The normalized spacial score (nSPS) is 16.1. The number of rotatable bonds is 4. The number of ether oxygens (including phenoxy) is 1. The van der Waals surface area contributed by atoms with Gasteiger partial charge in [-0.15, -0.1) is 0 Å². The van der Waals surface area contributed by atoms with Crippen LogP contribution >= 0.6 is 0 Å². The van der Waals surface area contributed by atoms with Gasteiger partial charge in [-0.1, -0.05) is 0 Å². The Balaban J connectivity index is 4.12. The molecule has 0 rings (SSSR count). The van der Waals surface area contributed by atoms with Crippen molar-refractivity contribution in [2.75, 3.05) is 6.61 Å². The zero-order chi connectivity index (χ0) is 11.4. The minimum absolute atomic E-state index is 0.333. The number of carbonyl (C=O) groups is 1. The van der Waals surface area contributed by atoms with E-state index in [1.807, 2.05) is 0 Å². The average molecular weight is 207 g/mol. The summed E-state index contributed by atoms with van der Waals surface area (Å²) in [6, 6.07) is 0. The number of hydrogen-bond donors (Lipinski definition) is 3. The monoisotopic (exact) mass is 207 g/mol. The van der Waals surface area contributed by atoms with Gasteiger partial charge in [-0.05, 0) is 20.8 Å². The summed E-state index contributed by atoms with van der Waals surface area (Å²) in [5.74, 6) is 3.77. The van der Waals surface area contributed by atoms with E-state index in [4.69, 9.17) is 9.84 Å². The summed E-state index contributed by atoms with van der Waals surface area (Å²) in [5.41, 5.74) is -0.707. The smallest absolute Gasteiger partial charge is 0.338 e. The molecule has 0 saturated heterocycles. The lowest BCUT2D eigenvalue weighted by molar-refractivity contribution is -0.173. The number of carbonyl (C=O) groups excluding carboxylic acids is 1. The molecule has 0 aliphatic carbocycles. The van der Waals surface area contributed by atoms with Crippen LogP contribution in [0, 0.1) is 0 Å². The Morgan fingerprint density at radius 1 is 1.43 bits per heavy atom. The fourth-order valence-electron chi connectivity index (χ4n) is 0.709. The van der Waals surface area contributed by atoms with E-state index >= 15 is 0 Å². The fraction of sp³-hybridized carbons (Fsp3) is 0.875. The van der Waals surface area contributed by atoms with Crippen LogP contribution in [-0.2, 0) is 14.4 Å². The first-order chi connectivity index (χ1) is 6.28. The van der Waals surface area contributed by atoms with Crippen LogP contribution in [0.2, 0.25) is 0 Å². The lowest BCUT2D eigenvalue weighted by Gasteiger charge is -2.23. The SMILES string of the molecule is CC(C)(C)OC(=O)C(O)C(O)CON. The van der Waals surface area contributed by atoms with Crippen molar-refractivity contribution in [3.8, 4) is 0 Å². The van der Waals surface area contributed by atoms with Gasteiger partial charge < -0.3 is 19.8 Å². The molecule has 0 radical (unpaired) electrons. The van der Waals surface area contributed by atoms with E-state index in [-0.39, 0.29) is 6.61 Å². The third kappa shape index (κ3) is 5.13. The highest BCUT2D eigenvalue weighted by atomic mass is 16.6. The number of aliphatic hydroxyl groups excluding tert-OH is 2. The summed E-state index contributed by atoms with van der Waals surface area (Å²) >= 11 is 0. The van der Waals surface area contributed by atoms with Gasteiger partial charge in [0, 0.05) is 0 Å². The molecule has 6 nitrogen and oxygen atoms in total. The van der Waals surface area contributed by atoms with Crippen LogP contribution < -0.4 is 5.90 Å². The van der Waals surface area contributed by atoms with Gasteiger partial charge in [-0.25, -0.2) is 10.7 Å². The first-order valence-electron chi connectivity index (χ1n) is 4.18. The molecule has 0 spiro atoms. The molecule has 0 amide bonds. The van der Waals surface area contributed by atoms with Gasteiger partial charge in [0.15, 0.2) is 6.10 Å². The topological polar surface area (TPSA) is 102 Å². The maximum Gasteiger partial charge on any atom is 0.338 e. The highest BCUT2D eigenvalue weighted by molar-refractivity contribution is 5.75. The highest BCUT2D eigenvalue weighted by Gasteiger charge is 2.29. The molecular formula is C8H17NO5. The third-order valence-electron chi connectivity index (χ3n) is 1.28. The fourth-order valence-corrected chi connectivity index (χ4v) is 0.709. The summed E-state index contributed by atoms with van der Waals surface area (Å²) in [7, 11) is 0. The van der Waals surface area contributed by atoms with Gasteiger partial charge in [0.1, 0.15) is 11.7 Å². The van der Waals surface area contributed by atoms with Crippen molar-refractivity contribution in [2.24, 2.45) is 5.90 Å². The Labute approximate surface area is 82.6 Å². The minimum Gasteiger partial charge on any atom is -0.458 e. The molecule has 0 fully saturated rings. The van der Waals surface area contributed by atoms with Crippen LogP contribution in [0.5, 0.6) is 0 Å². The first-order valence-corrected chi connectivity index (χ1v) is 4.18. The van der Waals surface area contributed by atoms with Crippen LogP contribution in [0.25, 0.3) is 0 Å². The summed E-state index contributed by atoms with van der Waals surface area (Å²) in [5, 5.41) is 18.3. The second kappa shape index (κ2) is 5.26. The van der Waals surface area contributed by atoms with Crippen molar-refractivity contribution >= 4 is 5.97 Å². The Kier molecular flexibility index (Phi) is 5.00. The largest absolute Gasteiger partial charge is 0.458 e. The van der Waals surface area contributed by atoms with Crippen molar-refractivity contribution < 1.29 is 24.6 Å². The van der Waals surface area contributed by atoms with Crippen molar-refractivity contribution in [3.63, 3.8) is 0 Å². The second-order valence-corrected chi connectivity index (χ2v) is 3.88. The van der Waals surface area contributed by atoms with Crippen LogP contribution in [0.4, 0.5) is 0 Å². The van der Waals surface area contributed by atoms with Crippen LogP contribution in [-0.4, -0.2) is 40.6 Å². The summed E-state index contributed by atoms with van der Waals surface area (Å²) in [6.07, 6.45) is -3.02. The van der Waals surface area contributed by atoms with E-state index < -0.39 is 23.8 Å². The summed E-state index contributed by atoms with van der Waals surface area (Å²) in [6.45, 7) is 4.64. The van der Waals surface area contributed by atoms with Gasteiger partial charge in [0.05, 0.1) is 6.61 Å². The molecule has 84 valence electrons. The Hall–Kier alpha value is -0.690. The minimum atomic E-state index is -1.64. The van der Waals surface area contributed by atoms with Crippen molar-refractivity contribution in [1.82, 2.24) is 0 Å². The molecule has 0 aliphatic heterocycles. The van der Waals surface area contributed by atoms with E-state index in [2.05, 4.69) is 10.7 Å². The van der Waals surface area contributed by atoms with Crippen molar-refractivity contribution in [1.29, 1.82) is 0 Å². The summed E-state index contributed by atoms with van der Waals surface area (Å²) in [4.78, 5) is 15.2. The van der Waals surface area contributed by atoms with Gasteiger partial charge in [-0.3, -0.25) is 0 Å². The molecule has 0 bridgehead atoms. The van der Waals surface area contributed by atoms with Crippen LogP contribution in [0.3, 0.4) is 0 Å². The number of hydrogen-bond acceptors (Lipinski definition) is 6. The van der Waals surface area contributed by atoms with E-state index in [0.717, 1.165) is 0 Å². The Bertz CT molecular complexity index is 189. The molecule has 0 heterocycles. The van der Waals surface area contributed by atoms with E-state index in [9.17, 15) is 9.90 Å². The zero-order valence-electron chi connectivity index (χ0n) is 8.56. The van der Waals surface area contributed by atoms with Crippen molar-refractivity contribution in [3.05, 3.63) is 0 Å². The molecule has 14 heavy (non-hydrogen) atoms. The molecular weight excluding hydrogens is 190 g/mol. The van der Waals surface area contributed by atoms with E-state index in [1.54, 1.807) is 20.8 Å². The predicted molar refractivity (Wildman–Crippen MR) is 48.0 cm³/mol. The standard InChI is InChI=1S/C8H17NO5/c1-8(2,3)14-7(12)6(11)5(10)4-13-9/h5-6,10-11H,4,9H2,1-3H3. The van der Waals surface area contributed by atoms with Gasteiger partial charge >= 0.3 is 5.97 Å². The Morgan fingerprint density at radius 3 is 2.29 bits per heavy atom. The molecule has 4 N–H and O–H groups in total. The highest BCUT2D eigenvalue weighted by Crippen LogP contribution is 2.09. The second-order valence-electron chi connectivity index (χ2n) is 3.88. The van der Waals surface area contributed by atoms with Gasteiger partial charge in [0.2, 0.25) is 0 Å². The predicted octanol–water partition coefficient (Wildman–Crippen LogP) is -1.06. The molecule has 0 aromatic carbocycles. The first kappa shape index (κ1) is 13.3. The average Bonchev–Trinajstić information content (AvgIpc) is 2.00. The molecule has 0 aliphatic rings. The maximum atomic E-state index is 11.1. The van der Waals surface area contributed by atoms with Crippen LogP contribution in [0.1, 0.15) is 20.8 Å². The Morgan fingerprint density at radius 2 is 1.93 bits per heavy atom. The van der Waals surface area contributed by atoms with Crippen LogP contribution in [0.15, 0.2) is 0 Å². The van der Waals surface area contributed by atoms with E-state index in [1.165, 1.54) is 0 Å². The molecule has 0 aromatic heterocycles. The van der Waals surface area contributed by atoms with E-state index in [0.29, 0.717) is 0 Å². The lowest BCUT2D eigenvalue weighted by atomic mass is 10.1. The number of esters is 1. The number of nitrogens with two attached hydrogens (primary N) is 1.